The minimum Gasteiger partial charge on any atom is -0.388 e. The van der Waals surface area contributed by atoms with Crippen LogP contribution in [-0.4, -0.2) is 46.2 Å². The molecule has 1 unspecified atom stereocenters. The van der Waals surface area contributed by atoms with Crippen LogP contribution in [0.4, 0.5) is 0 Å². The van der Waals surface area contributed by atoms with Crippen LogP contribution in [0.2, 0.25) is 0 Å². The van der Waals surface area contributed by atoms with Crippen LogP contribution in [0, 0.1) is 0 Å². The van der Waals surface area contributed by atoms with Crippen LogP contribution < -0.4 is 5.32 Å². The highest BCUT2D eigenvalue weighted by atomic mass is 35.7. The Balaban J connectivity index is 0.000000422. The lowest BCUT2D eigenvalue weighted by Gasteiger charge is -2.40. The van der Waals surface area contributed by atoms with Crippen molar-refractivity contribution in [3.05, 3.63) is 0 Å². The van der Waals surface area contributed by atoms with Gasteiger partial charge < -0.3 is 14.9 Å². The highest BCUT2D eigenvalue weighted by Crippen LogP contribution is 2.66. The number of aliphatic hydroxyl groups is 1. The molecule has 3 aliphatic heterocycles. The smallest absolute Gasteiger partial charge is 0.207 e. The van der Waals surface area contributed by atoms with Gasteiger partial charge in [-0.15, -0.1) is 0 Å². The fourth-order valence-corrected chi connectivity index (χ4v) is 7.32. The van der Waals surface area contributed by atoms with Crippen molar-refractivity contribution in [3.8, 4) is 0 Å². The second kappa shape index (κ2) is 10.9. The van der Waals surface area contributed by atoms with Crippen molar-refractivity contribution in [1.82, 2.24) is 9.99 Å². The van der Waals surface area contributed by atoms with Crippen LogP contribution in [0.5, 0.6) is 0 Å². The van der Waals surface area contributed by atoms with E-state index in [0.717, 1.165) is 19.4 Å². The van der Waals surface area contributed by atoms with E-state index in [2.05, 4.69) is 9.99 Å². The van der Waals surface area contributed by atoms with Gasteiger partial charge in [-0.2, -0.15) is 27.0 Å². The SMILES string of the molecule is C.C.ClP1OC2(CCCC2)[C@@H]2CCN21.OC1([C@@H]2CCN2)CCCC1.S.S. The van der Waals surface area contributed by atoms with Crippen molar-refractivity contribution in [2.24, 2.45) is 0 Å². The van der Waals surface area contributed by atoms with Crippen LogP contribution in [0.15, 0.2) is 0 Å². The van der Waals surface area contributed by atoms with Gasteiger partial charge in [0.25, 0.3) is 0 Å². The summed E-state index contributed by atoms with van der Waals surface area (Å²) in [4.78, 5) is 0. The normalized spacial score (nSPS) is 35.1. The topological polar surface area (TPSA) is 44.7 Å². The van der Waals surface area contributed by atoms with Gasteiger partial charge in [0, 0.05) is 18.6 Å². The van der Waals surface area contributed by atoms with Gasteiger partial charge in [0.1, 0.15) is 0 Å². The zero-order chi connectivity index (χ0) is 15.2. The zero-order valence-electron chi connectivity index (χ0n) is 14.3. The van der Waals surface area contributed by atoms with Crippen LogP contribution in [0.3, 0.4) is 0 Å². The van der Waals surface area contributed by atoms with E-state index < -0.39 is 7.65 Å². The largest absolute Gasteiger partial charge is 0.388 e. The second-order valence-electron chi connectivity index (χ2n) is 7.66. The number of nitrogens with one attached hydrogen (secondary N) is 1. The molecule has 158 valence electrons. The Bertz CT molecular complexity index is 420. The third-order valence-corrected chi connectivity index (χ3v) is 8.64. The van der Waals surface area contributed by atoms with Gasteiger partial charge in [0.05, 0.1) is 11.2 Å². The molecular weight excluding hydrogens is 407 g/mol. The maximum absolute atomic E-state index is 9.95. The Morgan fingerprint density at radius 3 is 1.92 bits per heavy atom. The molecule has 3 heterocycles. The van der Waals surface area contributed by atoms with E-state index in [1.54, 1.807) is 0 Å². The van der Waals surface area contributed by atoms with Crippen molar-refractivity contribution < 1.29 is 9.63 Å². The molecule has 4 nitrogen and oxygen atoms in total. The van der Waals surface area contributed by atoms with Crippen molar-refractivity contribution in [2.45, 2.75) is 102 Å². The number of hydrogen-bond donors (Lipinski definition) is 2. The molecule has 0 radical (unpaired) electrons. The highest BCUT2D eigenvalue weighted by molar-refractivity contribution is 7.78. The van der Waals surface area contributed by atoms with Crippen molar-refractivity contribution in [3.63, 3.8) is 0 Å². The Hall–Kier alpha value is 1.26. The molecule has 5 rings (SSSR count). The lowest BCUT2D eigenvalue weighted by Crippen LogP contribution is -2.57. The lowest BCUT2D eigenvalue weighted by molar-refractivity contribution is -0.0147. The molecule has 0 aromatic heterocycles. The van der Waals surface area contributed by atoms with Gasteiger partial charge >= 0.3 is 0 Å². The summed E-state index contributed by atoms with van der Waals surface area (Å²) in [6.07, 6.45) is 12.1. The van der Waals surface area contributed by atoms with Gasteiger partial charge in [0.2, 0.25) is 7.65 Å². The van der Waals surface area contributed by atoms with E-state index in [1.807, 2.05) is 0 Å². The molecule has 26 heavy (non-hydrogen) atoms. The molecule has 5 fully saturated rings. The Labute approximate surface area is 180 Å². The van der Waals surface area contributed by atoms with E-state index in [-0.39, 0.29) is 53.0 Å². The summed E-state index contributed by atoms with van der Waals surface area (Å²) in [5.74, 6) is 0. The molecular formula is C18H40ClN2O2PS2. The van der Waals surface area contributed by atoms with Crippen molar-refractivity contribution in [2.75, 3.05) is 13.1 Å². The minimum absolute atomic E-state index is 0. The van der Waals surface area contributed by atoms with Gasteiger partial charge in [0.15, 0.2) is 0 Å². The third kappa shape index (κ3) is 4.87. The van der Waals surface area contributed by atoms with Gasteiger partial charge in [-0.05, 0) is 56.3 Å². The lowest BCUT2D eigenvalue weighted by atomic mass is 9.86. The number of hydrogen-bond acceptors (Lipinski definition) is 4. The van der Waals surface area contributed by atoms with E-state index in [9.17, 15) is 5.11 Å². The first-order valence-corrected chi connectivity index (χ1v) is 11.1. The maximum atomic E-state index is 9.95. The van der Waals surface area contributed by atoms with E-state index in [1.165, 1.54) is 57.9 Å². The molecule has 0 aromatic rings. The zero-order valence-corrected chi connectivity index (χ0v) is 17.9. The van der Waals surface area contributed by atoms with Gasteiger partial charge in [-0.1, -0.05) is 40.5 Å². The molecule has 1 spiro atoms. The Morgan fingerprint density at radius 2 is 1.54 bits per heavy atom. The first kappa shape index (κ1) is 27.3. The quantitative estimate of drug-likeness (QED) is 0.555. The average Bonchev–Trinajstić information content (AvgIpc) is 3.00. The van der Waals surface area contributed by atoms with Crippen LogP contribution in [0.25, 0.3) is 0 Å². The van der Waals surface area contributed by atoms with Crippen LogP contribution in [-0.2, 0) is 4.52 Å². The van der Waals surface area contributed by atoms with E-state index in [4.69, 9.17) is 15.8 Å². The monoisotopic (exact) mass is 446 g/mol. The maximum Gasteiger partial charge on any atom is 0.207 e. The number of nitrogens with zero attached hydrogens (tertiary/aromatic N) is 1. The molecule has 8 heteroatoms. The number of rotatable bonds is 1. The second-order valence-corrected chi connectivity index (χ2v) is 9.68. The predicted molar refractivity (Wildman–Crippen MR) is 124 cm³/mol. The standard InChI is InChI=1S/C8H13ClNOP.C8H15NO.2CH4.2H2S/c9-12-10-6-3-7(10)8(11-12)4-1-2-5-8;10-8(4-1-2-5-8)7-3-6-9-7;;;;/h7H,1-6H2;7,9-10H,1-6H2;2*1H4;2*1H2/t7-,12?;7-;;;;/m00..../s1. The molecule has 2 saturated carbocycles. The van der Waals surface area contributed by atoms with Crippen molar-refractivity contribution >= 4 is 45.9 Å². The van der Waals surface area contributed by atoms with Gasteiger partial charge in [-0.25, -0.2) is 4.67 Å². The van der Waals surface area contributed by atoms with Crippen LogP contribution >= 0.6 is 45.9 Å². The summed E-state index contributed by atoms with van der Waals surface area (Å²) in [7, 11) is -0.733. The summed E-state index contributed by atoms with van der Waals surface area (Å²) in [6.45, 7) is 2.27. The number of fused-ring (bicyclic) bond motifs is 2. The molecule has 5 aliphatic rings. The summed E-state index contributed by atoms with van der Waals surface area (Å²) in [5, 5.41) is 13.2. The average molecular weight is 447 g/mol. The minimum atomic E-state index is -0.733. The summed E-state index contributed by atoms with van der Waals surface area (Å²) in [6, 6.07) is 1.11. The molecule has 2 aliphatic carbocycles. The first-order valence-electron chi connectivity index (χ1n) is 9.00. The molecule has 0 bridgehead atoms. The summed E-state index contributed by atoms with van der Waals surface area (Å²) < 4.78 is 8.32. The molecule has 3 atom stereocenters. The highest BCUT2D eigenvalue weighted by Gasteiger charge is 2.58. The fourth-order valence-electron chi connectivity index (χ4n) is 4.84. The third-order valence-electron chi connectivity index (χ3n) is 6.45. The predicted octanol–water partition coefficient (Wildman–Crippen LogP) is 5.02. The molecule has 0 amide bonds. The molecule has 2 N–H and O–H groups in total. The van der Waals surface area contributed by atoms with Gasteiger partial charge in [-0.3, -0.25) is 0 Å². The molecule has 3 saturated heterocycles. The fraction of sp³-hybridized carbons (Fsp3) is 1.00. The van der Waals surface area contributed by atoms with Crippen molar-refractivity contribution in [1.29, 1.82) is 0 Å². The Morgan fingerprint density at radius 1 is 1.00 bits per heavy atom. The number of halogens is 1. The Kier molecular flexibility index (Phi) is 11.4. The first-order chi connectivity index (χ1) is 10.6. The van der Waals surface area contributed by atoms with Crippen LogP contribution in [0.1, 0.15) is 79.1 Å². The molecule has 0 aromatic carbocycles. The summed E-state index contributed by atoms with van der Waals surface area (Å²) in [5.41, 5.74) is -0.121. The van der Waals surface area contributed by atoms with E-state index >= 15 is 0 Å². The summed E-state index contributed by atoms with van der Waals surface area (Å²) >= 11 is 6.15. The van der Waals surface area contributed by atoms with E-state index in [0.29, 0.717) is 12.1 Å².